The number of Topliss-reactive ketones (excluding diaryl/α,β-unsaturated/α-hetero) is 1. The van der Waals surface area contributed by atoms with E-state index in [1.807, 2.05) is 36.7 Å². The monoisotopic (exact) mass is 308 g/mol. The Labute approximate surface area is 137 Å². The van der Waals surface area contributed by atoms with Gasteiger partial charge in [0.25, 0.3) is 0 Å². The molecule has 0 fully saturated rings. The van der Waals surface area contributed by atoms with Crippen LogP contribution in [0.1, 0.15) is 40.9 Å². The molecule has 1 aliphatic carbocycles. The number of methoxy groups -OCH3 is 1. The van der Waals surface area contributed by atoms with Crippen molar-refractivity contribution in [3.8, 4) is 5.75 Å². The van der Waals surface area contributed by atoms with Crippen LogP contribution in [0, 0.1) is 0 Å². The minimum absolute atomic E-state index is 0.119. The summed E-state index contributed by atoms with van der Waals surface area (Å²) >= 11 is 0. The Kier molecular flexibility index (Phi) is 4.28. The molecule has 1 aliphatic rings. The molecule has 0 bridgehead atoms. The number of benzene rings is 1. The Hall–Kier alpha value is -2.42. The average Bonchev–Trinajstić information content (AvgIpc) is 2.89. The first-order valence-corrected chi connectivity index (χ1v) is 8.10. The zero-order valence-corrected chi connectivity index (χ0v) is 13.9. The van der Waals surface area contributed by atoms with E-state index in [2.05, 4.69) is 24.5 Å². The Morgan fingerprint density at radius 3 is 2.57 bits per heavy atom. The number of hydrogen-bond acceptors (Lipinski definition) is 2. The normalized spacial score (nSPS) is 15.1. The van der Waals surface area contributed by atoms with Crippen molar-refractivity contribution in [3.63, 3.8) is 0 Å². The van der Waals surface area contributed by atoms with Crippen LogP contribution in [0.4, 0.5) is 0 Å². The van der Waals surface area contributed by atoms with Crippen LogP contribution in [0.5, 0.6) is 5.75 Å². The Bertz CT molecular complexity index is 773. The van der Waals surface area contributed by atoms with E-state index in [0.29, 0.717) is 6.42 Å². The average molecular weight is 308 g/mol. The fraction of sp³-hybridized carbons (Fsp3) is 0.300. The van der Waals surface area contributed by atoms with Gasteiger partial charge in [-0.2, -0.15) is 0 Å². The molecule has 23 heavy (non-hydrogen) atoms. The minimum Gasteiger partial charge on any atom is -0.496 e. The molecule has 3 nitrogen and oxygen atoms in total. The summed E-state index contributed by atoms with van der Waals surface area (Å²) in [5, 5.41) is 0. The molecule has 2 aromatic rings. The second kappa shape index (κ2) is 6.37. The van der Waals surface area contributed by atoms with E-state index in [9.17, 15) is 4.79 Å². The van der Waals surface area contributed by atoms with Crippen molar-refractivity contribution in [2.45, 2.75) is 33.2 Å². The van der Waals surface area contributed by atoms with E-state index in [1.54, 1.807) is 7.11 Å². The first-order chi connectivity index (χ1) is 11.2. The highest BCUT2D eigenvalue weighted by Gasteiger charge is 2.26. The van der Waals surface area contributed by atoms with Crippen LogP contribution in [0.2, 0.25) is 0 Å². The van der Waals surface area contributed by atoms with E-state index in [0.717, 1.165) is 46.5 Å². The number of nitrogens with zero attached hydrogens (tertiary/aromatic N) is 1. The van der Waals surface area contributed by atoms with E-state index < -0.39 is 0 Å². The number of carbonyl (C=O) groups is 1. The molecule has 0 saturated heterocycles. The first-order valence-electron chi connectivity index (χ1n) is 8.10. The molecular formula is C20H22NO2+. The van der Waals surface area contributed by atoms with Gasteiger partial charge in [0, 0.05) is 29.7 Å². The lowest BCUT2D eigenvalue weighted by Crippen LogP contribution is -2.30. The lowest BCUT2D eigenvalue weighted by atomic mass is 10.0. The smallest absolute Gasteiger partial charge is 0.189 e. The summed E-state index contributed by atoms with van der Waals surface area (Å²) in [5.74, 6) is 0.928. The molecule has 0 aliphatic heterocycles. The Balaban J connectivity index is 1.94. The molecule has 1 aromatic carbocycles. The van der Waals surface area contributed by atoms with Crippen molar-refractivity contribution in [2.24, 2.45) is 0 Å². The SMILES string of the molecule is CCc1cc2c(cc1OC)C(=O)C(=Cc1cc[n+](CC)cc1)C2. The zero-order valence-electron chi connectivity index (χ0n) is 13.9. The van der Waals surface area contributed by atoms with Crippen molar-refractivity contribution in [2.75, 3.05) is 7.11 Å². The number of aromatic nitrogens is 1. The van der Waals surface area contributed by atoms with Crippen molar-refractivity contribution in [1.29, 1.82) is 0 Å². The van der Waals surface area contributed by atoms with Crippen molar-refractivity contribution in [1.82, 2.24) is 0 Å². The van der Waals surface area contributed by atoms with Gasteiger partial charge in [-0.1, -0.05) is 13.0 Å². The third kappa shape index (κ3) is 2.91. The van der Waals surface area contributed by atoms with Crippen molar-refractivity contribution < 1.29 is 14.1 Å². The van der Waals surface area contributed by atoms with Crippen molar-refractivity contribution in [3.05, 3.63) is 64.5 Å². The summed E-state index contributed by atoms with van der Waals surface area (Å²) in [5.41, 5.74) is 4.96. The van der Waals surface area contributed by atoms with Crippen LogP contribution >= 0.6 is 0 Å². The molecule has 0 atom stereocenters. The molecule has 1 heterocycles. The van der Waals surface area contributed by atoms with Gasteiger partial charge in [0.1, 0.15) is 12.3 Å². The lowest BCUT2D eigenvalue weighted by molar-refractivity contribution is -0.693. The van der Waals surface area contributed by atoms with Gasteiger partial charge in [0.15, 0.2) is 18.2 Å². The number of ether oxygens (including phenoxy) is 1. The van der Waals surface area contributed by atoms with Crippen LogP contribution in [0.3, 0.4) is 0 Å². The number of hydrogen-bond donors (Lipinski definition) is 0. The second-order valence-corrected chi connectivity index (χ2v) is 5.81. The number of pyridine rings is 1. The van der Waals surface area contributed by atoms with Gasteiger partial charge in [0.05, 0.1) is 7.11 Å². The fourth-order valence-electron chi connectivity index (χ4n) is 3.05. The van der Waals surface area contributed by atoms with Crippen LogP contribution in [-0.4, -0.2) is 12.9 Å². The van der Waals surface area contributed by atoms with Gasteiger partial charge in [-0.05, 0) is 42.2 Å². The van der Waals surface area contributed by atoms with Gasteiger partial charge < -0.3 is 4.74 Å². The summed E-state index contributed by atoms with van der Waals surface area (Å²) in [6, 6.07) is 8.10. The number of rotatable bonds is 4. The number of allylic oxidation sites excluding steroid dienone is 1. The summed E-state index contributed by atoms with van der Waals surface area (Å²) in [6.07, 6.45) is 7.68. The Morgan fingerprint density at radius 1 is 1.22 bits per heavy atom. The lowest BCUT2D eigenvalue weighted by Gasteiger charge is -2.08. The third-order valence-corrected chi connectivity index (χ3v) is 4.43. The number of aryl methyl sites for hydroxylation is 2. The minimum atomic E-state index is 0.119. The summed E-state index contributed by atoms with van der Waals surface area (Å²) < 4.78 is 7.52. The van der Waals surface area contributed by atoms with Gasteiger partial charge in [0.2, 0.25) is 0 Å². The molecule has 0 N–H and O–H groups in total. The predicted octanol–water partition coefficient (Wildman–Crippen LogP) is 3.39. The quantitative estimate of drug-likeness (QED) is 0.640. The first kappa shape index (κ1) is 15.5. The summed E-state index contributed by atoms with van der Waals surface area (Å²) in [4.78, 5) is 12.7. The molecule has 3 rings (SSSR count). The van der Waals surface area contributed by atoms with E-state index >= 15 is 0 Å². The molecule has 0 saturated carbocycles. The summed E-state index contributed by atoms with van der Waals surface area (Å²) in [7, 11) is 1.66. The molecule has 1 aromatic heterocycles. The third-order valence-electron chi connectivity index (χ3n) is 4.43. The molecular weight excluding hydrogens is 286 g/mol. The van der Waals surface area contributed by atoms with E-state index in [4.69, 9.17) is 4.74 Å². The van der Waals surface area contributed by atoms with E-state index in [1.165, 1.54) is 0 Å². The van der Waals surface area contributed by atoms with Gasteiger partial charge in [-0.3, -0.25) is 4.79 Å². The van der Waals surface area contributed by atoms with Gasteiger partial charge in [-0.15, -0.1) is 0 Å². The highest BCUT2D eigenvalue weighted by molar-refractivity contribution is 6.15. The van der Waals surface area contributed by atoms with Crippen LogP contribution < -0.4 is 9.30 Å². The predicted molar refractivity (Wildman–Crippen MR) is 90.7 cm³/mol. The maximum atomic E-state index is 12.7. The highest BCUT2D eigenvalue weighted by Crippen LogP contribution is 2.33. The maximum Gasteiger partial charge on any atom is 0.189 e. The molecule has 0 spiro atoms. The standard InChI is InChI=1S/C20H22NO2/c1-4-15-11-16-12-17(20(22)18(16)13-19(15)23-3)10-14-6-8-21(5-2)9-7-14/h6-11,13H,4-5,12H2,1-3H3/q+1. The fourth-order valence-corrected chi connectivity index (χ4v) is 3.05. The number of fused-ring (bicyclic) bond motifs is 1. The number of ketones is 1. The van der Waals surface area contributed by atoms with Crippen LogP contribution in [0.25, 0.3) is 6.08 Å². The zero-order chi connectivity index (χ0) is 16.4. The van der Waals surface area contributed by atoms with Gasteiger partial charge in [-0.25, -0.2) is 4.57 Å². The maximum absolute atomic E-state index is 12.7. The van der Waals surface area contributed by atoms with Crippen LogP contribution in [0.15, 0.2) is 42.2 Å². The van der Waals surface area contributed by atoms with Gasteiger partial charge >= 0.3 is 0 Å². The molecule has 0 radical (unpaired) electrons. The topological polar surface area (TPSA) is 30.2 Å². The highest BCUT2D eigenvalue weighted by atomic mass is 16.5. The molecule has 3 heteroatoms. The largest absolute Gasteiger partial charge is 0.496 e. The molecule has 0 amide bonds. The van der Waals surface area contributed by atoms with Crippen LogP contribution in [-0.2, 0) is 19.4 Å². The molecule has 118 valence electrons. The van der Waals surface area contributed by atoms with Crippen molar-refractivity contribution >= 4 is 11.9 Å². The van der Waals surface area contributed by atoms with E-state index in [-0.39, 0.29) is 5.78 Å². The number of carbonyl (C=O) groups excluding carboxylic acids is 1. The Morgan fingerprint density at radius 2 is 1.96 bits per heavy atom. The molecule has 0 unspecified atom stereocenters. The second-order valence-electron chi connectivity index (χ2n) is 5.81. The summed E-state index contributed by atoms with van der Waals surface area (Å²) in [6.45, 7) is 5.15.